The highest BCUT2D eigenvalue weighted by Crippen LogP contribution is 2.38. The first-order valence-corrected chi connectivity index (χ1v) is 15.8. The maximum Gasteiger partial charge on any atom is 0.254 e. The molecule has 1 saturated heterocycles. The summed E-state index contributed by atoms with van der Waals surface area (Å²) in [6.45, 7) is 1.49. The van der Waals surface area contributed by atoms with Gasteiger partial charge in [0.1, 0.15) is 28.8 Å². The molecule has 0 spiro atoms. The second kappa shape index (κ2) is 11.5. The number of piperidine rings is 1. The summed E-state index contributed by atoms with van der Waals surface area (Å²) in [5.74, 6) is 2.07. The SMILES string of the molecule is COc1cc(C(=O)N2C[C@H](N)C[C@@H](F)C2)cc2nc(-c3cc4cccnc4n3CC3CC3)n(Cc3cnn(-c4ccc(O)cn4)c3)c12. The quantitative estimate of drug-likeness (QED) is 0.252. The maximum atomic E-state index is 14.4. The van der Waals surface area contributed by atoms with Gasteiger partial charge in [-0.1, -0.05) is 0 Å². The number of hydrogen-bond acceptors (Lipinski definition) is 8. The Morgan fingerprint density at radius 3 is 2.74 bits per heavy atom. The van der Waals surface area contributed by atoms with Crippen LogP contribution in [0.5, 0.6) is 11.5 Å². The molecule has 13 heteroatoms. The van der Waals surface area contributed by atoms with E-state index >= 15 is 0 Å². The van der Waals surface area contributed by atoms with Gasteiger partial charge >= 0.3 is 0 Å². The lowest BCUT2D eigenvalue weighted by molar-refractivity contribution is 0.0606. The molecule has 0 bridgehead atoms. The number of carbonyl (C=O) groups excluding carboxylic acids is 1. The molecule has 1 aromatic carbocycles. The molecule has 0 radical (unpaired) electrons. The van der Waals surface area contributed by atoms with E-state index in [1.54, 1.807) is 48.5 Å². The number of amides is 1. The number of nitrogens with zero attached hydrogens (tertiary/aromatic N) is 8. The average molecular weight is 636 g/mol. The van der Waals surface area contributed by atoms with Crippen molar-refractivity contribution in [3.05, 3.63) is 78.4 Å². The van der Waals surface area contributed by atoms with E-state index in [4.69, 9.17) is 20.4 Å². The van der Waals surface area contributed by atoms with Crippen molar-refractivity contribution in [2.24, 2.45) is 11.7 Å². The number of carbonyl (C=O) groups is 1. The zero-order valence-corrected chi connectivity index (χ0v) is 25.8. The number of hydrogen-bond donors (Lipinski definition) is 2. The van der Waals surface area contributed by atoms with Crippen LogP contribution in [-0.2, 0) is 13.1 Å². The third-order valence-corrected chi connectivity index (χ3v) is 8.96. The summed E-state index contributed by atoms with van der Waals surface area (Å²) in [5.41, 5.74) is 10.4. The Balaban J connectivity index is 1.28. The van der Waals surface area contributed by atoms with Gasteiger partial charge in [-0.3, -0.25) is 4.79 Å². The van der Waals surface area contributed by atoms with Crippen molar-refractivity contribution in [3.63, 3.8) is 0 Å². The molecule has 3 N–H and O–H groups in total. The fourth-order valence-corrected chi connectivity index (χ4v) is 6.56. The first-order valence-electron chi connectivity index (χ1n) is 15.8. The van der Waals surface area contributed by atoms with Gasteiger partial charge in [0.15, 0.2) is 11.6 Å². The van der Waals surface area contributed by atoms with Crippen LogP contribution in [-0.4, -0.2) is 82.2 Å². The molecule has 2 atom stereocenters. The van der Waals surface area contributed by atoms with Gasteiger partial charge < -0.3 is 29.6 Å². The van der Waals surface area contributed by atoms with E-state index in [1.165, 1.54) is 23.9 Å². The van der Waals surface area contributed by atoms with Crippen LogP contribution in [0, 0.1) is 5.92 Å². The van der Waals surface area contributed by atoms with Crippen LogP contribution >= 0.6 is 0 Å². The Labute approximate surface area is 269 Å². The van der Waals surface area contributed by atoms with E-state index < -0.39 is 12.2 Å². The normalized spacial score (nSPS) is 18.3. The summed E-state index contributed by atoms with van der Waals surface area (Å²) in [6.07, 6.45) is 8.25. The lowest BCUT2D eigenvalue weighted by atomic mass is 10.0. The molecular weight excluding hydrogens is 601 g/mol. The topological polar surface area (TPSA) is 142 Å². The first-order chi connectivity index (χ1) is 22.8. The molecule has 47 heavy (non-hydrogen) atoms. The minimum Gasteiger partial charge on any atom is -0.506 e. The number of pyridine rings is 2. The van der Waals surface area contributed by atoms with Gasteiger partial charge in [-0.05, 0) is 67.6 Å². The predicted molar refractivity (Wildman–Crippen MR) is 173 cm³/mol. The number of methoxy groups -OCH3 is 1. The van der Waals surface area contributed by atoms with Gasteiger partial charge in [0.05, 0.1) is 43.8 Å². The molecule has 2 fully saturated rings. The van der Waals surface area contributed by atoms with Crippen molar-refractivity contribution in [3.8, 4) is 28.8 Å². The van der Waals surface area contributed by atoms with E-state index in [9.17, 15) is 14.3 Å². The van der Waals surface area contributed by atoms with Gasteiger partial charge in [-0.25, -0.2) is 24.0 Å². The van der Waals surface area contributed by atoms with Gasteiger partial charge in [-0.15, -0.1) is 0 Å². The third kappa shape index (κ3) is 5.46. The molecule has 1 saturated carbocycles. The maximum absolute atomic E-state index is 14.4. The van der Waals surface area contributed by atoms with Crippen LogP contribution in [0.1, 0.15) is 35.2 Å². The molecule has 8 rings (SSSR count). The molecule has 1 amide bonds. The van der Waals surface area contributed by atoms with Crippen LogP contribution in [0.4, 0.5) is 4.39 Å². The number of benzene rings is 1. The number of aromatic nitrogens is 7. The molecule has 12 nitrogen and oxygen atoms in total. The largest absolute Gasteiger partial charge is 0.506 e. The fraction of sp³-hybridized carbons (Fsp3) is 0.324. The number of imidazole rings is 1. The lowest BCUT2D eigenvalue weighted by Crippen LogP contribution is -2.50. The number of nitrogens with two attached hydrogens (primary N) is 1. The monoisotopic (exact) mass is 635 g/mol. The highest BCUT2D eigenvalue weighted by atomic mass is 19.1. The number of ether oxygens (including phenoxy) is 1. The van der Waals surface area contributed by atoms with Gasteiger partial charge in [-0.2, -0.15) is 5.10 Å². The Kier molecular flexibility index (Phi) is 7.12. The number of aromatic hydroxyl groups is 1. The van der Waals surface area contributed by atoms with Gasteiger partial charge in [0, 0.05) is 48.0 Å². The number of rotatable bonds is 8. The highest BCUT2D eigenvalue weighted by molar-refractivity contribution is 6.00. The van der Waals surface area contributed by atoms with Crippen LogP contribution in [0.15, 0.2) is 67.3 Å². The smallest absolute Gasteiger partial charge is 0.254 e. The number of halogens is 1. The molecule has 5 aromatic heterocycles. The molecule has 2 aliphatic rings. The van der Waals surface area contributed by atoms with Crippen LogP contribution in [0.25, 0.3) is 39.4 Å². The summed E-state index contributed by atoms with van der Waals surface area (Å²) < 4.78 is 26.3. The summed E-state index contributed by atoms with van der Waals surface area (Å²) in [4.78, 5) is 29.3. The second-order valence-electron chi connectivity index (χ2n) is 12.5. The van der Waals surface area contributed by atoms with E-state index in [-0.39, 0.29) is 31.2 Å². The second-order valence-corrected chi connectivity index (χ2v) is 12.5. The molecular formula is C34H34FN9O3. The zero-order valence-electron chi connectivity index (χ0n) is 25.8. The predicted octanol–water partition coefficient (Wildman–Crippen LogP) is 4.32. The number of alkyl halides is 1. The summed E-state index contributed by atoms with van der Waals surface area (Å²) in [6, 6.07) is 12.4. The van der Waals surface area contributed by atoms with Crippen molar-refractivity contribution >= 4 is 28.0 Å². The standard InChI is InChI=1S/C34H34FN9O3/c1-47-29-11-23(34(46)41-18-24(35)12-25(36)19-41)9-27-31(29)43(16-21-13-39-44(17-21)30-7-6-26(45)14-38-30)33(40-27)28-10-22-3-2-8-37-32(22)42(28)15-20-4-5-20/h2-3,6-11,13-14,17,20,24-25,45H,4-5,12,15-16,18-19,36H2,1H3/t24-,25-/m1/s1. The summed E-state index contributed by atoms with van der Waals surface area (Å²) in [7, 11) is 1.57. The molecule has 1 aliphatic heterocycles. The minimum absolute atomic E-state index is 0.000720. The van der Waals surface area contributed by atoms with Crippen LogP contribution in [0.3, 0.4) is 0 Å². The Hall–Kier alpha value is -5.30. The molecule has 240 valence electrons. The number of fused-ring (bicyclic) bond motifs is 2. The van der Waals surface area contributed by atoms with E-state index in [0.29, 0.717) is 46.5 Å². The minimum atomic E-state index is -1.17. The van der Waals surface area contributed by atoms with Crippen molar-refractivity contribution in [2.45, 2.75) is 44.6 Å². The number of likely N-dealkylation sites (tertiary alicyclic amines) is 1. The van der Waals surface area contributed by atoms with Crippen molar-refractivity contribution in [1.29, 1.82) is 0 Å². The first kappa shape index (κ1) is 29.1. The zero-order chi connectivity index (χ0) is 32.2. The van der Waals surface area contributed by atoms with E-state index in [2.05, 4.69) is 31.3 Å². The highest BCUT2D eigenvalue weighted by Gasteiger charge is 2.31. The van der Waals surface area contributed by atoms with Gasteiger partial charge in [0.25, 0.3) is 5.91 Å². The third-order valence-electron chi connectivity index (χ3n) is 8.96. The molecule has 0 unspecified atom stereocenters. The molecule has 6 aromatic rings. The Morgan fingerprint density at radius 1 is 1.11 bits per heavy atom. The Morgan fingerprint density at radius 2 is 1.98 bits per heavy atom. The van der Waals surface area contributed by atoms with Crippen LogP contribution < -0.4 is 10.5 Å². The van der Waals surface area contributed by atoms with Crippen molar-refractivity contribution in [1.82, 2.24) is 38.8 Å². The van der Waals surface area contributed by atoms with Crippen LogP contribution in [0.2, 0.25) is 0 Å². The summed E-state index contributed by atoms with van der Waals surface area (Å²) in [5, 5.41) is 15.2. The summed E-state index contributed by atoms with van der Waals surface area (Å²) >= 11 is 0. The molecule has 1 aliphatic carbocycles. The Bertz CT molecular complexity index is 2100. The van der Waals surface area contributed by atoms with Crippen molar-refractivity contribution in [2.75, 3.05) is 20.2 Å². The van der Waals surface area contributed by atoms with Crippen molar-refractivity contribution < 1.29 is 19.0 Å². The molecule has 6 heterocycles. The fourth-order valence-electron chi connectivity index (χ4n) is 6.56. The van der Waals surface area contributed by atoms with E-state index in [1.807, 2.05) is 12.3 Å². The van der Waals surface area contributed by atoms with E-state index in [0.717, 1.165) is 28.8 Å². The lowest BCUT2D eigenvalue weighted by Gasteiger charge is -2.33. The average Bonchev–Trinajstić information content (AvgIpc) is 3.47. The van der Waals surface area contributed by atoms with Gasteiger partial charge in [0.2, 0.25) is 0 Å².